The van der Waals surface area contributed by atoms with Crippen LogP contribution in [0.15, 0.2) is 0 Å². The topological polar surface area (TPSA) is 90.9 Å². The van der Waals surface area contributed by atoms with Crippen LogP contribution in [0.5, 0.6) is 0 Å². The van der Waals surface area contributed by atoms with Crippen LogP contribution < -0.4 is 0 Å². The fourth-order valence-electron chi connectivity index (χ4n) is 4.70. The molecule has 0 aliphatic heterocycles. The number of carbonyl (C=O) groups excluding carboxylic acids is 1. The molecule has 0 aliphatic rings. The maximum atomic E-state index is 11.9. The van der Waals surface area contributed by atoms with Gasteiger partial charge in [0.25, 0.3) is 0 Å². The highest BCUT2D eigenvalue weighted by atomic mass is 28.4. The summed E-state index contributed by atoms with van der Waals surface area (Å²) in [6, 6.07) is 0. The van der Waals surface area contributed by atoms with E-state index in [1.165, 1.54) is 83.5 Å². The van der Waals surface area contributed by atoms with E-state index in [1.54, 1.807) is 0 Å². The first-order valence-electron chi connectivity index (χ1n) is 19.5. The number of rotatable bonds is 38. The predicted octanol–water partition coefficient (Wildman–Crippen LogP) is 8.91. The van der Waals surface area contributed by atoms with Crippen LogP contribution in [-0.2, 0) is 42.4 Å². The Hall–Kier alpha value is -0.593. The molecule has 0 unspecified atom stereocenters. The zero-order chi connectivity index (χ0) is 35.4. The molecule has 0 heterocycles. The molecule has 10 heteroatoms. The lowest BCUT2D eigenvalue weighted by atomic mass is 10.0. The third-order valence-corrected chi connectivity index (χ3v) is 13.4. The molecule has 0 aromatic rings. The van der Waals surface area contributed by atoms with Gasteiger partial charge in [-0.2, -0.15) is 0 Å². The highest BCUT2D eigenvalue weighted by Crippen LogP contribution is 2.36. The van der Waals surface area contributed by atoms with Gasteiger partial charge in [-0.05, 0) is 24.6 Å². The molecule has 0 amide bonds. The van der Waals surface area contributed by atoms with Crippen LogP contribution >= 0.6 is 0 Å². The summed E-state index contributed by atoms with van der Waals surface area (Å²) in [5.74, 6) is -0.123. The third kappa shape index (κ3) is 33.9. The average Bonchev–Trinajstić information content (AvgIpc) is 3.04. The second kappa shape index (κ2) is 34.8. The molecular formula is C38H78O9Si. The highest BCUT2D eigenvalue weighted by molar-refractivity contribution is 6.74. The summed E-state index contributed by atoms with van der Waals surface area (Å²) < 4.78 is 44.5. The lowest BCUT2D eigenvalue weighted by Gasteiger charge is -2.36. The molecule has 9 nitrogen and oxygen atoms in total. The maximum absolute atomic E-state index is 11.9. The average molecular weight is 707 g/mol. The summed E-state index contributed by atoms with van der Waals surface area (Å²) in [7, 11) is -1.70. The Morgan fingerprint density at radius 2 is 0.729 bits per heavy atom. The van der Waals surface area contributed by atoms with E-state index >= 15 is 0 Å². The Kier molecular flexibility index (Phi) is 34.4. The predicted molar refractivity (Wildman–Crippen MR) is 199 cm³/mol. The van der Waals surface area contributed by atoms with Crippen molar-refractivity contribution in [2.45, 2.75) is 149 Å². The van der Waals surface area contributed by atoms with Crippen molar-refractivity contribution in [1.82, 2.24) is 0 Å². The first-order valence-corrected chi connectivity index (χ1v) is 22.4. The van der Waals surface area contributed by atoms with Gasteiger partial charge < -0.3 is 37.6 Å². The number of unbranched alkanes of at least 4 members (excludes halogenated alkanes) is 14. The van der Waals surface area contributed by atoms with Gasteiger partial charge in [-0.1, -0.05) is 118 Å². The molecule has 0 spiro atoms. The lowest BCUT2D eigenvalue weighted by molar-refractivity contribution is -0.145. The van der Waals surface area contributed by atoms with Crippen molar-refractivity contribution in [2.75, 3.05) is 92.5 Å². The molecule has 0 aliphatic carbocycles. The summed E-state index contributed by atoms with van der Waals surface area (Å²) in [5.41, 5.74) is 0. The van der Waals surface area contributed by atoms with E-state index in [2.05, 4.69) is 40.8 Å². The van der Waals surface area contributed by atoms with Crippen molar-refractivity contribution >= 4 is 14.3 Å². The van der Waals surface area contributed by atoms with Crippen LogP contribution in [0.2, 0.25) is 18.1 Å². The number of hydrogen-bond acceptors (Lipinski definition) is 9. The zero-order valence-corrected chi connectivity index (χ0v) is 33.4. The number of carbonyl (C=O) groups is 1. The quantitative estimate of drug-likeness (QED) is 0.0355. The Bertz CT molecular complexity index is 673. The van der Waals surface area contributed by atoms with Crippen molar-refractivity contribution in [2.24, 2.45) is 0 Å². The second-order valence-electron chi connectivity index (χ2n) is 14.2. The van der Waals surface area contributed by atoms with Gasteiger partial charge in [0.2, 0.25) is 0 Å². The van der Waals surface area contributed by atoms with Crippen LogP contribution in [0, 0.1) is 0 Å². The molecular weight excluding hydrogens is 628 g/mol. The molecule has 288 valence electrons. The van der Waals surface area contributed by atoms with Crippen LogP contribution in [0.1, 0.15) is 130 Å². The van der Waals surface area contributed by atoms with Gasteiger partial charge in [0, 0.05) is 6.42 Å². The fraction of sp³-hybridized carbons (Fsp3) is 0.974. The van der Waals surface area contributed by atoms with E-state index in [9.17, 15) is 4.79 Å². The van der Waals surface area contributed by atoms with Gasteiger partial charge in [-0.3, -0.25) is 4.79 Å². The summed E-state index contributed by atoms with van der Waals surface area (Å²) in [6.07, 6.45) is 20.3. The summed E-state index contributed by atoms with van der Waals surface area (Å²) in [4.78, 5) is 11.9. The number of ether oxygens (including phenoxy) is 7. The minimum absolute atomic E-state index is 0.123. The standard InChI is InChI=1S/C38H78O9Si/c1-7-8-9-10-11-12-13-14-15-16-17-18-19-20-21-22-37(39)46-35-33-44-31-29-42-27-25-40-23-24-41-26-28-43-30-32-45-34-36-47-48(5,6)38(2,3)4/h7-36H2,1-6H3. The Labute approximate surface area is 297 Å². The van der Waals surface area contributed by atoms with E-state index in [4.69, 9.17) is 37.6 Å². The molecule has 0 saturated heterocycles. The van der Waals surface area contributed by atoms with Gasteiger partial charge in [0.1, 0.15) is 6.61 Å². The van der Waals surface area contributed by atoms with Gasteiger partial charge in [-0.15, -0.1) is 0 Å². The Balaban J connectivity index is 3.21. The van der Waals surface area contributed by atoms with E-state index in [1.807, 2.05) is 0 Å². The van der Waals surface area contributed by atoms with E-state index in [-0.39, 0.29) is 11.0 Å². The first-order chi connectivity index (χ1) is 23.2. The third-order valence-electron chi connectivity index (χ3n) is 8.83. The summed E-state index contributed by atoms with van der Waals surface area (Å²) >= 11 is 0. The van der Waals surface area contributed by atoms with Crippen molar-refractivity contribution in [3.8, 4) is 0 Å². The molecule has 48 heavy (non-hydrogen) atoms. The SMILES string of the molecule is CCCCCCCCCCCCCCCCCC(=O)OCCOCCOCCOCCOCCOCCOCCO[Si](C)(C)C(C)(C)C. The summed E-state index contributed by atoms with van der Waals surface area (Å²) in [5, 5.41) is 0.218. The van der Waals surface area contributed by atoms with Crippen molar-refractivity contribution in [3.05, 3.63) is 0 Å². The van der Waals surface area contributed by atoms with E-state index in [0.29, 0.717) is 98.9 Å². The zero-order valence-electron chi connectivity index (χ0n) is 32.4. The molecule has 0 atom stereocenters. The monoisotopic (exact) mass is 707 g/mol. The lowest BCUT2D eigenvalue weighted by Crippen LogP contribution is -2.41. The van der Waals surface area contributed by atoms with Crippen molar-refractivity contribution in [1.29, 1.82) is 0 Å². The minimum Gasteiger partial charge on any atom is -0.463 e. The molecule has 0 saturated carbocycles. The second-order valence-corrected chi connectivity index (χ2v) is 19.0. The largest absolute Gasteiger partial charge is 0.463 e. The first kappa shape index (κ1) is 47.4. The molecule has 0 aromatic carbocycles. The maximum Gasteiger partial charge on any atom is 0.305 e. The van der Waals surface area contributed by atoms with Crippen molar-refractivity contribution < 1.29 is 42.4 Å². The normalized spacial score (nSPS) is 12.2. The molecule has 0 aromatic heterocycles. The molecule has 0 N–H and O–H groups in total. The molecule has 0 bridgehead atoms. The molecule has 0 rings (SSSR count). The smallest absolute Gasteiger partial charge is 0.305 e. The van der Waals surface area contributed by atoms with Gasteiger partial charge in [0.05, 0.1) is 85.9 Å². The summed E-state index contributed by atoms with van der Waals surface area (Å²) in [6.45, 7) is 20.6. The van der Waals surface area contributed by atoms with Gasteiger partial charge in [0.15, 0.2) is 8.32 Å². The van der Waals surface area contributed by atoms with Crippen LogP contribution in [0.25, 0.3) is 0 Å². The number of esters is 1. The van der Waals surface area contributed by atoms with E-state index < -0.39 is 8.32 Å². The minimum atomic E-state index is -1.70. The van der Waals surface area contributed by atoms with Gasteiger partial charge in [-0.25, -0.2) is 0 Å². The van der Waals surface area contributed by atoms with Gasteiger partial charge >= 0.3 is 5.97 Å². The van der Waals surface area contributed by atoms with Crippen LogP contribution in [-0.4, -0.2) is 107 Å². The Morgan fingerprint density at radius 1 is 0.438 bits per heavy atom. The number of hydrogen-bond donors (Lipinski definition) is 0. The molecule has 0 radical (unpaired) electrons. The fourth-order valence-corrected chi connectivity index (χ4v) is 5.73. The molecule has 0 fully saturated rings. The van der Waals surface area contributed by atoms with Crippen LogP contribution in [0.3, 0.4) is 0 Å². The van der Waals surface area contributed by atoms with Crippen LogP contribution in [0.4, 0.5) is 0 Å². The highest BCUT2D eigenvalue weighted by Gasteiger charge is 2.36. The Morgan fingerprint density at radius 3 is 1.06 bits per heavy atom. The van der Waals surface area contributed by atoms with E-state index in [0.717, 1.165) is 12.8 Å². The van der Waals surface area contributed by atoms with Crippen molar-refractivity contribution in [3.63, 3.8) is 0 Å².